The van der Waals surface area contributed by atoms with E-state index in [1.54, 1.807) is 16.8 Å². The first-order valence-corrected chi connectivity index (χ1v) is 10.8. The van der Waals surface area contributed by atoms with Crippen molar-refractivity contribution in [2.45, 2.75) is 50.9 Å². The van der Waals surface area contributed by atoms with E-state index < -0.39 is 0 Å². The van der Waals surface area contributed by atoms with Crippen molar-refractivity contribution in [1.29, 1.82) is 0 Å². The number of aromatic nitrogens is 3. The van der Waals surface area contributed by atoms with Crippen LogP contribution in [0.15, 0.2) is 24.3 Å². The molecule has 1 saturated carbocycles. The number of nitrogens with one attached hydrogen (secondary N) is 2. The Balaban J connectivity index is 1.33. The lowest BCUT2D eigenvalue weighted by Crippen LogP contribution is -2.27. The molecule has 156 valence electrons. The molecule has 0 spiro atoms. The number of benzene rings is 1. The fourth-order valence-corrected chi connectivity index (χ4v) is 4.21. The zero-order chi connectivity index (χ0) is 20.1. The zero-order valence-electron chi connectivity index (χ0n) is 17.2. The van der Waals surface area contributed by atoms with E-state index in [2.05, 4.69) is 20.7 Å². The summed E-state index contributed by atoms with van der Waals surface area (Å²) >= 11 is 0. The number of rotatable bonds is 6. The van der Waals surface area contributed by atoms with Crippen LogP contribution in [0.5, 0.6) is 5.75 Å². The summed E-state index contributed by atoms with van der Waals surface area (Å²) in [4.78, 5) is 17.2. The Kier molecular flexibility index (Phi) is 6.44. The maximum absolute atomic E-state index is 12.6. The third kappa shape index (κ3) is 5.15. The fourth-order valence-electron chi connectivity index (χ4n) is 4.21. The molecule has 2 N–H and O–H groups in total. The van der Waals surface area contributed by atoms with Crippen LogP contribution in [0.3, 0.4) is 0 Å². The number of anilines is 1. The van der Waals surface area contributed by atoms with Crippen molar-refractivity contribution in [1.82, 2.24) is 20.1 Å². The third-order valence-corrected chi connectivity index (χ3v) is 6.04. The van der Waals surface area contributed by atoms with E-state index >= 15 is 0 Å². The van der Waals surface area contributed by atoms with Gasteiger partial charge in [-0.05, 0) is 69.0 Å². The Morgan fingerprint density at radius 1 is 1.14 bits per heavy atom. The lowest BCUT2D eigenvalue weighted by Gasteiger charge is -2.21. The highest BCUT2D eigenvalue weighted by Gasteiger charge is 2.21. The Morgan fingerprint density at radius 3 is 2.59 bits per heavy atom. The molecule has 0 bridgehead atoms. The molecule has 7 heteroatoms. The third-order valence-electron chi connectivity index (χ3n) is 6.04. The number of carbonyl (C=O) groups excluding carboxylic acids is 1. The average molecular weight is 398 g/mol. The predicted octanol–water partition coefficient (Wildman–Crippen LogP) is 3.49. The van der Waals surface area contributed by atoms with Gasteiger partial charge in [0.2, 0.25) is 5.95 Å². The summed E-state index contributed by atoms with van der Waals surface area (Å²) in [5.74, 6) is 2.96. The number of carbonyl (C=O) groups is 1. The van der Waals surface area contributed by atoms with Crippen LogP contribution in [0, 0.1) is 5.92 Å². The lowest BCUT2D eigenvalue weighted by molar-refractivity contribution is 0.102. The normalized spacial score (nSPS) is 18.5. The molecule has 0 atom stereocenters. The molecule has 7 nitrogen and oxygen atoms in total. The maximum Gasteiger partial charge on any atom is 0.258 e. The number of aryl methyl sites for hydroxylation is 1. The summed E-state index contributed by atoms with van der Waals surface area (Å²) in [6.07, 6.45) is 8.56. The Morgan fingerprint density at radius 2 is 1.86 bits per heavy atom. The zero-order valence-corrected chi connectivity index (χ0v) is 17.2. The minimum atomic E-state index is -0.184. The highest BCUT2D eigenvalue weighted by Crippen LogP contribution is 2.25. The van der Waals surface area contributed by atoms with Gasteiger partial charge in [0.25, 0.3) is 5.91 Å². The van der Waals surface area contributed by atoms with Crippen LogP contribution < -0.4 is 15.4 Å². The summed E-state index contributed by atoms with van der Waals surface area (Å²) in [6.45, 7) is 2.74. The van der Waals surface area contributed by atoms with Crippen molar-refractivity contribution in [3.63, 3.8) is 0 Å². The van der Waals surface area contributed by atoms with Gasteiger partial charge >= 0.3 is 0 Å². The summed E-state index contributed by atoms with van der Waals surface area (Å²) in [7, 11) is 1.81. The first-order valence-electron chi connectivity index (χ1n) is 10.8. The molecule has 1 amide bonds. The van der Waals surface area contributed by atoms with Crippen molar-refractivity contribution in [2.75, 3.05) is 25.0 Å². The smallest absolute Gasteiger partial charge is 0.258 e. The predicted molar refractivity (Wildman–Crippen MR) is 112 cm³/mol. The minimum Gasteiger partial charge on any atom is -0.493 e. The highest BCUT2D eigenvalue weighted by molar-refractivity contribution is 6.03. The number of hydrogen-bond acceptors (Lipinski definition) is 5. The van der Waals surface area contributed by atoms with Crippen LogP contribution in [-0.2, 0) is 7.05 Å². The van der Waals surface area contributed by atoms with Crippen molar-refractivity contribution < 1.29 is 9.53 Å². The van der Waals surface area contributed by atoms with Crippen LogP contribution in [0.1, 0.15) is 67.0 Å². The number of hydrogen-bond donors (Lipinski definition) is 2. The van der Waals surface area contributed by atoms with E-state index in [0.717, 1.165) is 44.1 Å². The van der Waals surface area contributed by atoms with E-state index in [1.807, 2.05) is 19.2 Å². The van der Waals surface area contributed by atoms with Crippen LogP contribution in [-0.4, -0.2) is 40.4 Å². The summed E-state index contributed by atoms with van der Waals surface area (Å²) < 4.78 is 7.57. The van der Waals surface area contributed by atoms with Gasteiger partial charge in [0.1, 0.15) is 5.75 Å². The van der Waals surface area contributed by atoms with E-state index in [0.29, 0.717) is 23.3 Å². The quantitative estimate of drug-likeness (QED) is 0.780. The van der Waals surface area contributed by atoms with Crippen molar-refractivity contribution >= 4 is 11.9 Å². The van der Waals surface area contributed by atoms with Gasteiger partial charge in [0, 0.05) is 18.5 Å². The number of ether oxygens (including phenoxy) is 1. The van der Waals surface area contributed by atoms with E-state index in [9.17, 15) is 4.79 Å². The van der Waals surface area contributed by atoms with Gasteiger partial charge in [-0.3, -0.25) is 10.1 Å². The second kappa shape index (κ2) is 9.39. The van der Waals surface area contributed by atoms with E-state index in [-0.39, 0.29) is 5.91 Å². The minimum absolute atomic E-state index is 0.184. The van der Waals surface area contributed by atoms with Gasteiger partial charge in [0.05, 0.1) is 6.61 Å². The molecule has 0 radical (unpaired) electrons. The first-order chi connectivity index (χ1) is 14.2. The van der Waals surface area contributed by atoms with Crippen LogP contribution >= 0.6 is 0 Å². The van der Waals surface area contributed by atoms with E-state index in [4.69, 9.17) is 4.74 Å². The molecular formula is C22H31N5O2. The molecule has 1 aromatic heterocycles. The van der Waals surface area contributed by atoms with Gasteiger partial charge in [-0.1, -0.05) is 19.3 Å². The molecule has 2 aliphatic rings. The number of piperidine rings is 1. The standard InChI is InChI=1S/C22H31N5O2/c1-27-22(24-20(26-27)17-11-13-23-14-12-17)25-21(28)18-7-9-19(10-8-18)29-15-16-5-3-2-4-6-16/h7-10,16-17,23H,2-6,11-15H2,1H3,(H,24,25,26,28). The van der Waals surface area contributed by atoms with Gasteiger partial charge in [-0.25, -0.2) is 4.68 Å². The Hall–Kier alpha value is -2.41. The molecule has 1 aromatic carbocycles. The second-order valence-corrected chi connectivity index (χ2v) is 8.24. The van der Waals surface area contributed by atoms with Crippen LogP contribution in [0.2, 0.25) is 0 Å². The van der Waals surface area contributed by atoms with Crippen LogP contribution in [0.4, 0.5) is 5.95 Å². The van der Waals surface area contributed by atoms with Crippen molar-refractivity contribution in [2.24, 2.45) is 13.0 Å². The fraction of sp³-hybridized carbons (Fsp3) is 0.591. The van der Waals surface area contributed by atoms with Crippen molar-refractivity contribution in [3.05, 3.63) is 35.7 Å². The number of amides is 1. The molecule has 29 heavy (non-hydrogen) atoms. The molecule has 2 fully saturated rings. The summed E-state index contributed by atoms with van der Waals surface area (Å²) in [5, 5.41) is 10.7. The maximum atomic E-state index is 12.6. The second-order valence-electron chi connectivity index (χ2n) is 8.24. The highest BCUT2D eigenvalue weighted by atomic mass is 16.5. The summed E-state index contributed by atoms with van der Waals surface area (Å²) in [5.41, 5.74) is 0.585. The SMILES string of the molecule is Cn1nc(C2CCNCC2)nc1NC(=O)c1ccc(OCC2CCCCC2)cc1. The molecule has 2 heterocycles. The van der Waals surface area contributed by atoms with Gasteiger partial charge < -0.3 is 10.1 Å². The molecule has 0 unspecified atom stereocenters. The average Bonchev–Trinajstić information content (AvgIpc) is 3.14. The van der Waals surface area contributed by atoms with Crippen LogP contribution in [0.25, 0.3) is 0 Å². The molecular weight excluding hydrogens is 366 g/mol. The van der Waals surface area contributed by atoms with Gasteiger partial charge in [0.15, 0.2) is 5.82 Å². The summed E-state index contributed by atoms with van der Waals surface area (Å²) in [6, 6.07) is 7.34. The molecule has 4 rings (SSSR count). The van der Waals surface area contributed by atoms with Gasteiger partial charge in [-0.2, -0.15) is 10.1 Å². The molecule has 2 aromatic rings. The topological polar surface area (TPSA) is 81.1 Å². The molecule has 1 aliphatic carbocycles. The molecule has 1 saturated heterocycles. The monoisotopic (exact) mass is 397 g/mol. The lowest BCUT2D eigenvalue weighted by atomic mass is 9.90. The molecule has 1 aliphatic heterocycles. The number of nitrogens with zero attached hydrogens (tertiary/aromatic N) is 3. The first kappa shape index (κ1) is 19.9. The Bertz CT molecular complexity index is 805. The largest absolute Gasteiger partial charge is 0.493 e. The van der Waals surface area contributed by atoms with Gasteiger partial charge in [-0.15, -0.1) is 0 Å². The van der Waals surface area contributed by atoms with Crippen molar-refractivity contribution in [3.8, 4) is 5.75 Å². The van der Waals surface area contributed by atoms with E-state index in [1.165, 1.54) is 32.1 Å². The Labute approximate surface area is 172 Å².